The van der Waals surface area contributed by atoms with Crippen molar-refractivity contribution in [2.24, 2.45) is 5.92 Å². The van der Waals surface area contributed by atoms with Crippen molar-refractivity contribution in [3.63, 3.8) is 0 Å². The molecule has 1 fully saturated rings. The van der Waals surface area contributed by atoms with E-state index in [1.807, 2.05) is 40.6 Å². The van der Waals surface area contributed by atoms with Gasteiger partial charge >= 0.3 is 0 Å². The summed E-state index contributed by atoms with van der Waals surface area (Å²) >= 11 is 0. The van der Waals surface area contributed by atoms with Crippen LogP contribution in [-0.2, 0) is 16.0 Å². The molecule has 0 atom stereocenters. The summed E-state index contributed by atoms with van der Waals surface area (Å²) in [6.45, 7) is 4.51. The van der Waals surface area contributed by atoms with Crippen LogP contribution in [0.15, 0.2) is 24.4 Å². The zero-order chi connectivity index (χ0) is 15.5. The van der Waals surface area contributed by atoms with Gasteiger partial charge in [0.05, 0.1) is 12.1 Å². The van der Waals surface area contributed by atoms with Gasteiger partial charge in [0.15, 0.2) is 0 Å². The van der Waals surface area contributed by atoms with E-state index in [0.717, 1.165) is 49.6 Å². The maximum atomic E-state index is 12.4. The quantitative estimate of drug-likeness (QED) is 0.868. The number of hydrogen-bond acceptors (Lipinski definition) is 3. The smallest absolute Gasteiger partial charge is 0.228 e. The molecule has 3 heterocycles. The van der Waals surface area contributed by atoms with Gasteiger partial charge < -0.3 is 14.0 Å². The Morgan fingerprint density at radius 3 is 2.82 bits per heavy atom. The predicted octanol–water partition coefficient (Wildman–Crippen LogP) is 2.07. The van der Waals surface area contributed by atoms with Crippen molar-refractivity contribution >= 4 is 11.6 Å². The Hall–Kier alpha value is -1.88. The van der Waals surface area contributed by atoms with Crippen LogP contribution < -0.4 is 0 Å². The standard InChI is InChI=1S/C17H23N3O2/c1-13-4-3-5-16-18-15(11-20(13)16)10-17(21)19-8-6-14(7-9-19)12-22-2/h3-5,11,14H,6-10,12H2,1-2H3. The maximum Gasteiger partial charge on any atom is 0.228 e. The number of aryl methyl sites for hydroxylation is 1. The van der Waals surface area contributed by atoms with Crippen molar-refractivity contribution in [2.45, 2.75) is 26.2 Å². The molecule has 22 heavy (non-hydrogen) atoms. The van der Waals surface area contributed by atoms with Crippen LogP contribution in [0.25, 0.3) is 5.65 Å². The average molecular weight is 301 g/mol. The number of hydrogen-bond donors (Lipinski definition) is 0. The lowest BCUT2D eigenvalue weighted by Gasteiger charge is -2.31. The monoisotopic (exact) mass is 301 g/mol. The number of pyridine rings is 1. The third-order valence-electron chi connectivity index (χ3n) is 4.45. The lowest BCUT2D eigenvalue weighted by Crippen LogP contribution is -2.40. The molecule has 1 aliphatic heterocycles. The zero-order valence-electron chi connectivity index (χ0n) is 13.3. The van der Waals surface area contributed by atoms with Crippen LogP contribution in [0, 0.1) is 12.8 Å². The molecule has 1 amide bonds. The fourth-order valence-corrected chi connectivity index (χ4v) is 3.14. The second-order valence-corrected chi connectivity index (χ2v) is 6.08. The highest BCUT2D eigenvalue weighted by Crippen LogP contribution is 2.18. The van der Waals surface area contributed by atoms with E-state index in [4.69, 9.17) is 4.74 Å². The average Bonchev–Trinajstić information content (AvgIpc) is 2.92. The molecular formula is C17H23N3O2. The maximum absolute atomic E-state index is 12.4. The lowest BCUT2D eigenvalue weighted by molar-refractivity contribution is -0.132. The summed E-state index contributed by atoms with van der Waals surface area (Å²) in [6, 6.07) is 6.00. The topological polar surface area (TPSA) is 46.8 Å². The number of fused-ring (bicyclic) bond motifs is 1. The van der Waals surface area contributed by atoms with Gasteiger partial charge in [-0.25, -0.2) is 4.98 Å². The number of amides is 1. The minimum absolute atomic E-state index is 0.178. The molecule has 0 bridgehead atoms. The zero-order valence-corrected chi connectivity index (χ0v) is 13.3. The molecule has 0 spiro atoms. The Kier molecular flexibility index (Phi) is 4.43. The first-order valence-electron chi connectivity index (χ1n) is 7.87. The molecule has 118 valence electrons. The van der Waals surface area contributed by atoms with Crippen LogP contribution in [-0.4, -0.2) is 47.0 Å². The Labute approximate surface area is 130 Å². The van der Waals surface area contributed by atoms with Crippen LogP contribution in [0.4, 0.5) is 0 Å². The summed E-state index contributed by atoms with van der Waals surface area (Å²) in [4.78, 5) is 18.9. The highest BCUT2D eigenvalue weighted by molar-refractivity contribution is 5.78. The highest BCUT2D eigenvalue weighted by Gasteiger charge is 2.23. The molecule has 1 saturated heterocycles. The Morgan fingerprint density at radius 1 is 1.36 bits per heavy atom. The molecule has 0 N–H and O–H groups in total. The summed E-state index contributed by atoms with van der Waals surface area (Å²) in [5.74, 6) is 0.767. The van der Waals surface area contributed by atoms with Crippen LogP contribution in [0.2, 0.25) is 0 Å². The molecule has 5 nitrogen and oxygen atoms in total. The first-order chi connectivity index (χ1) is 10.7. The van der Waals surface area contributed by atoms with E-state index in [0.29, 0.717) is 12.3 Å². The third-order valence-corrected chi connectivity index (χ3v) is 4.45. The van der Waals surface area contributed by atoms with Crippen LogP contribution in [0.5, 0.6) is 0 Å². The highest BCUT2D eigenvalue weighted by atomic mass is 16.5. The summed E-state index contributed by atoms with van der Waals surface area (Å²) < 4.78 is 7.24. The molecule has 0 radical (unpaired) electrons. The third kappa shape index (κ3) is 3.14. The van der Waals surface area contributed by atoms with Gasteiger partial charge in [-0.3, -0.25) is 4.79 Å². The molecule has 1 aliphatic rings. The molecule has 0 saturated carbocycles. The van der Waals surface area contributed by atoms with E-state index in [1.54, 1.807) is 7.11 Å². The summed E-state index contributed by atoms with van der Waals surface area (Å²) in [5, 5.41) is 0. The van der Waals surface area contributed by atoms with Gasteiger partial charge in [0.25, 0.3) is 0 Å². The van der Waals surface area contributed by atoms with Crippen molar-refractivity contribution in [2.75, 3.05) is 26.8 Å². The molecule has 2 aromatic rings. The second kappa shape index (κ2) is 6.48. The molecule has 5 heteroatoms. The predicted molar refractivity (Wildman–Crippen MR) is 84.8 cm³/mol. The SMILES string of the molecule is COCC1CCN(C(=O)Cc2cn3c(C)cccc3n2)CC1. The van der Waals surface area contributed by atoms with E-state index in [1.165, 1.54) is 0 Å². The number of imidazole rings is 1. The van der Waals surface area contributed by atoms with Gasteiger partial charge in [-0.05, 0) is 37.8 Å². The minimum atomic E-state index is 0.178. The molecular weight excluding hydrogens is 278 g/mol. The van der Waals surface area contributed by atoms with E-state index in [2.05, 4.69) is 4.98 Å². The van der Waals surface area contributed by atoms with Crippen molar-refractivity contribution in [1.29, 1.82) is 0 Å². The molecule has 2 aromatic heterocycles. The van der Waals surface area contributed by atoms with Crippen LogP contribution in [0.3, 0.4) is 0 Å². The number of likely N-dealkylation sites (tertiary alicyclic amines) is 1. The first kappa shape index (κ1) is 15.0. The van der Waals surface area contributed by atoms with E-state index >= 15 is 0 Å². The van der Waals surface area contributed by atoms with Gasteiger partial charge in [-0.1, -0.05) is 6.07 Å². The Morgan fingerprint density at radius 2 is 2.14 bits per heavy atom. The lowest BCUT2D eigenvalue weighted by atomic mass is 9.97. The minimum Gasteiger partial charge on any atom is -0.384 e. The van der Waals surface area contributed by atoms with Crippen molar-refractivity contribution < 1.29 is 9.53 Å². The van der Waals surface area contributed by atoms with Gasteiger partial charge in [-0.15, -0.1) is 0 Å². The number of nitrogens with zero attached hydrogens (tertiary/aromatic N) is 3. The van der Waals surface area contributed by atoms with E-state index in [-0.39, 0.29) is 5.91 Å². The summed E-state index contributed by atoms with van der Waals surface area (Å²) in [7, 11) is 1.74. The van der Waals surface area contributed by atoms with Gasteiger partial charge in [0.1, 0.15) is 5.65 Å². The molecule has 0 aromatic carbocycles. The van der Waals surface area contributed by atoms with Gasteiger partial charge in [0.2, 0.25) is 5.91 Å². The number of carbonyl (C=O) groups excluding carboxylic acids is 1. The first-order valence-corrected chi connectivity index (χ1v) is 7.87. The van der Waals surface area contributed by atoms with Crippen LogP contribution >= 0.6 is 0 Å². The normalized spacial score (nSPS) is 16.4. The number of carbonyl (C=O) groups is 1. The van der Waals surface area contributed by atoms with Crippen molar-refractivity contribution in [3.05, 3.63) is 35.8 Å². The summed E-state index contributed by atoms with van der Waals surface area (Å²) in [6.07, 6.45) is 4.42. The number of methoxy groups -OCH3 is 1. The number of rotatable bonds is 4. The summed E-state index contributed by atoms with van der Waals surface area (Å²) in [5.41, 5.74) is 2.88. The fourth-order valence-electron chi connectivity index (χ4n) is 3.14. The van der Waals surface area contributed by atoms with Crippen molar-refractivity contribution in [3.8, 4) is 0 Å². The number of piperidine rings is 1. The molecule has 0 aliphatic carbocycles. The van der Waals surface area contributed by atoms with Gasteiger partial charge in [0, 0.05) is 38.7 Å². The fraction of sp³-hybridized carbons (Fsp3) is 0.529. The number of ether oxygens (including phenoxy) is 1. The van der Waals surface area contributed by atoms with Gasteiger partial charge in [-0.2, -0.15) is 0 Å². The Balaban J connectivity index is 1.62. The largest absolute Gasteiger partial charge is 0.384 e. The Bertz CT molecular complexity index is 657. The number of aromatic nitrogens is 2. The molecule has 0 unspecified atom stereocenters. The van der Waals surface area contributed by atoms with Crippen LogP contribution in [0.1, 0.15) is 24.2 Å². The van der Waals surface area contributed by atoms with E-state index in [9.17, 15) is 4.79 Å². The molecule has 3 rings (SSSR count). The van der Waals surface area contributed by atoms with E-state index < -0.39 is 0 Å². The second-order valence-electron chi connectivity index (χ2n) is 6.08. The van der Waals surface area contributed by atoms with Crippen molar-refractivity contribution in [1.82, 2.24) is 14.3 Å².